The monoisotopic (exact) mass is 254 g/mol. The van der Waals surface area contributed by atoms with E-state index in [1.807, 2.05) is 6.07 Å². The highest BCUT2D eigenvalue weighted by Crippen LogP contribution is 2.30. The lowest BCUT2D eigenvalue weighted by molar-refractivity contribution is 0.474. The summed E-state index contributed by atoms with van der Waals surface area (Å²) in [6.45, 7) is 3.45. The normalized spacial score (nSPS) is 19.6. The molecule has 0 unspecified atom stereocenters. The van der Waals surface area contributed by atoms with Gasteiger partial charge in [-0.1, -0.05) is 6.07 Å². The van der Waals surface area contributed by atoms with Crippen LogP contribution in [-0.2, 0) is 22.7 Å². The molecular weight excluding hydrogens is 236 g/mol. The van der Waals surface area contributed by atoms with Crippen molar-refractivity contribution >= 4 is 9.84 Å². The summed E-state index contributed by atoms with van der Waals surface area (Å²) in [6, 6.07) is 5.31. The Kier molecular flexibility index (Phi) is 3.17. The molecule has 0 spiro atoms. The van der Waals surface area contributed by atoms with Crippen molar-refractivity contribution < 1.29 is 13.5 Å². The van der Waals surface area contributed by atoms with Crippen molar-refractivity contribution in [2.24, 2.45) is 5.92 Å². The third kappa shape index (κ3) is 2.63. The molecule has 1 aliphatic carbocycles. The Balaban J connectivity index is 2.11. The van der Waals surface area contributed by atoms with Gasteiger partial charge in [-0.3, -0.25) is 0 Å². The summed E-state index contributed by atoms with van der Waals surface area (Å²) >= 11 is 0. The molecule has 0 amide bonds. The van der Waals surface area contributed by atoms with Crippen LogP contribution < -0.4 is 0 Å². The van der Waals surface area contributed by atoms with E-state index in [4.69, 9.17) is 0 Å². The number of phenols is 1. The maximum atomic E-state index is 11.9. The van der Waals surface area contributed by atoms with Gasteiger partial charge in [-0.15, -0.1) is 0 Å². The van der Waals surface area contributed by atoms with Gasteiger partial charge >= 0.3 is 0 Å². The van der Waals surface area contributed by atoms with Crippen molar-refractivity contribution in [1.29, 1.82) is 0 Å². The Morgan fingerprint density at radius 3 is 2.59 bits per heavy atom. The molecule has 3 nitrogen and oxygen atoms in total. The Bertz CT molecular complexity index is 517. The third-order valence-electron chi connectivity index (χ3n) is 3.39. The first kappa shape index (κ1) is 12.4. The molecule has 0 aliphatic heterocycles. The largest absolute Gasteiger partial charge is 0.508 e. The zero-order chi connectivity index (χ0) is 12.6. The molecule has 1 aromatic rings. The Morgan fingerprint density at radius 1 is 1.29 bits per heavy atom. The number of hydrogen-bond acceptors (Lipinski definition) is 3. The SMILES string of the molecule is CC(C)S(=O)(=O)C[C@@H]1Cc2ccc(O)cc2C1. The van der Waals surface area contributed by atoms with E-state index in [1.165, 1.54) is 5.56 Å². The molecule has 0 bridgehead atoms. The van der Waals surface area contributed by atoms with E-state index in [2.05, 4.69) is 0 Å². The molecule has 1 aliphatic rings. The highest BCUT2D eigenvalue weighted by Gasteiger charge is 2.28. The van der Waals surface area contributed by atoms with Crippen LogP contribution in [0, 0.1) is 5.92 Å². The first-order valence-electron chi connectivity index (χ1n) is 5.91. The smallest absolute Gasteiger partial charge is 0.152 e. The zero-order valence-corrected chi connectivity index (χ0v) is 11.0. The van der Waals surface area contributed by atoms with E-state index >= 15 is 0 Å². The van der Waals surface area contributed by atoms with Gasteiger partial charge in [-0.2, -0.15) is 0 Å². The van der Waals surface area contributed by atoms with Crippen LogP contribution in [0.4, 0.5) is 0 Å². The summed E-state index contributed by atoms with van der Waals surface area (Å²) in [5.41, 5.74) is 2.26. The van der Waals surface area contributed by atoms with Crippen molar-refractivity contribution in [1.82, 2.24) is 0 Å². The molecule has 1 atom stereocenters. The fraction of sp³-hybridized carbons (Fsp3) is 0.538. The minimum Gasteiger partial charge on any atom is -0.508 e. The highest BCUT2D eigenvalue weighted by molar-refractivity contribution is 7.91. The maximum absolute atomic E-state index is 11.9. The van der Waals surface area contributed by atoms with E-state index in [1.54, 1.807) is 26.0 Å². The van der Waals surface area contributed by atoms with E-state index in [0.717, 1.165) is 18.4 Å². The quantitative estimate of drug-likeness (QED) is 0.896. The van der Waals surface area contributed by atoms with Crippen molar-refractivity contribution in [2.75, 3.05) is 5.75 Å². The van der Waals surface area contributed by atoms with E-state index in [9.17, 15) is 13.5 Å². The minimum absolute atomic E-state index is 0.166. The second kappa shape index (κ2) is 4.33. The number of aromatic hydroxyl groups is 1. The van der Waals surface area contributed by atoms with Crippen LogP contribution in [0.15, 0.2) is 18.2 Å². The molecule has 0 aromatic heterocycles. The summed E-state index contributed by atoms with van der Waals surface area (Å²) in [4.78, 5) is 0. The maximum Gasteiger partial charge on any atom is 0.152 e. The average Bonchev–Trinajstić information content (AvgIpc) is 2.57. The average molecular weight is 254 g/mol. The van der Waals surface area contributed by atoms with E-state index < -0.39 is 9.84 Å². The Hall–Kier alpha value is -1.03. The summed E-state index contributed by atoms with van der Waals surface area (Å²) in [6.07, 6.45) is 1.57. The van der Waals surface area contributed by atoms with Crippen LogP contribution in [0.5, 0.6) is 5.75 Å². The van der Waals surface area contributed by atoms with Crippen LogP contribution >= 0.6 is 0 Å². The Morgan fingerprint density at radius 2 is 1.94 bits per heavy atom. The molecule has 1 aromatic carbocycles. The molecule has 2 rings (SSSR count). The van der Waals surface area contributed by atoms with E-state index in [0.29, 0.717) is 0 Å². The predicted molar refractivity (Wildman–Crippen MR) is 67.9 cm³/mol. The molecule has 17 heavy (non-hydrogen) atoms. The fourth-order valence-electron chi connectivity index (χ4n) is 2.33. The first-order valence-corrected chi connectivity index (χ1v) is 7.62. The second-order valence-corrected chi connectivity index (χ2v) is 7.71. The number of hydrogen-bond donors (Lipinski definition) is 1. The number of phenolic OH excluding ortho intramolecular Hbond substituents is 1. The van der Waals surface area contributed by atoms with Crippen LogP contribution in [-0.4, -0.2) is 24.5 Å². The first-order chi connectivity index (χ1) is 7.88. The summed E-state index contributed by atoms with van der Waals surface area (Å²) in [5.74, 6) is 0.676. The number of rotatable bonds is 3. The molecule has 4 heteroatoms. The molecule has 0 saturated heterocycles. The summed E-state index contributed by atoms with van der Waals surface area (Å²) < 4.78 is 23.7. The molecule has 0 fully saturated rings. The molecule has 1 N–H and O–H groups in total. The van der Waals surface area contributed by atoms with Gasteiger partial charge in [0.2, 0.25) is 0 Å². The lowest BCUT2D eigenvalue weighted by atomic mass is 10.1. The molecule has 94 valence electrons. The van der Waals surface area contributed by atoms with Gasteiger partial charge in [0.1, 0.15) is 5.75 Å². The van der Waals surface area contributed by atoms with Crippen molar-refractivity contribution in [3.05, 3.63) is 29.3 Å². The lowest BCUT2D eigenvalue weighted by Gasteiger charge is -2.12. The van der Waals surface area contributed by atoms with Gasteiger partial charge in [0.25, 0.3) is 0 Å². The van der Waals surface area contributed by atoms with Crippen LogP contribution in [0.2, 0.25) is 0 Å². The number of sulfone groups is 1. The second-order valence-electron chi connectivity index (χ2n) is 5.11. The minimum atomic E-state index is -2.97. The van der Waals surface area contributed by atoms with Gasteiger partial charge < -0.3 is 5.11 Å². The van der Waals surface area contributed by atoms with Crippen molar-refractivity contribution in [3.8, 4) is 5.75 Å². The zero-order valence-electron chi connectivity index (χ0n) is 10.2. The number of fused-ring (bicyclic) bond motifs is 1. The van der Waals surface area contributed by atoms with Crippen LogP contribution in [0.3, 0.4) is 0 Å². The standard InChI is InChI=1S/C13H18O3S/c1-9(2)17(15,16)8-10-5-11-3-4-13(14)7-12(11)6-10/h3-4,7,9-10,14H,5-6,8H2,1-2H3/t10-/m1/s1. The van der Waals surface area contributed by atoms with Crippen LogP contribution in [0.25, 0.3) is 0 Å². The predicted octanol–water partition coefficient (Wildman–Crippen LogP) is 1.93. The van der Waals surface area contributed by atoms with E-state index in [-0.39, 0.29) is 22.7 Å². The topological polar surface area (TPSA) is 54.4 Å². The molecule has 0 radical (unpaired) electrons. The van der Waals surface area contributed by atoms with Gasteiger partial charge in [-0.05, 0) is 55.9 Å². The summed E-state index contributed by atoms with van der Waals surface area (Å²) in [5, 5.41) is 9.08. The molecule has 0 saturated carbocycles. The summed E-state index contributed by atoms with van der Waals surface area (Å²) in [7, 11) is -2.97. The van der Waals surface area contributed by atoms with Crippen molar-refractivity contribution in [3.63, 3.8) is 0 Å². The van der Waals surface area contributed by atoms with Gasteiger partial charge in [-0.25, -0.2) is 8.42 Å². The van der Waals surface area contributed by atoms with Crippen LogP contribution in [0.1, 0.15) is 25.0 Å². The highest BCUT2D eigenvalue weighted by atomic mass is 32.2. The van der Waals surface area contributed by atoms with Crippen molar-refractivity contribution in [2.45, 2.75) is 31.9 Å². The Labute approximate surface area is 102 Å². The molecule has 0 heterocycles. The fourth-order valence-corrected chi connectivity index (χ4v) is 3.61. The number of benzene rings is 1. The van der Waals surface area contributed by atoms with Gasteiger partial charge in [0.05, 0.1) is 11.0 Å². The van der Waals surface area contributed by atoms with Gasteiger partial charge in [0.15, 0.2) is 9.84 Å². The third-order valence-corrected chi connectivity index (χ3v) is 5.77. The molecular formula is C13H18O3S. The van der Waals surface area contributed by atoms with Gasteiger partial charge in [0, 0.05) is 0 Å². The lowest BCUT2D eigenvalue weighted by Crippen LogP contribution is -2.23.